The smallest absolute Gasteiger partial charge is 0.329 e. The molecule has 0 aliphatic carbocycles. The molecule has 2 N–H and O–H groups in total. The van der Waals surface area contributed by atoms with Crippen molar-refractivity contribution in [2.75, 3.05) is 27.9 Å². The topological polar surface area (TPSA) is 107 Å². The number of nitrogens with one attached hydrogen (secondary N) is 2. The molecule has 0 fully saturated rings. The summed E-state index contributed by atoms with van der Waals surface area (Å²) < 4.78 is 35.7. The summed E-state index contributed by atoms with van der Waals surface area (Å²) in [6.45, 7) is 0.0550. The molecule has 0 aliphatic heterocycles. The molecule has 11 heteroatoms. The van der Waals surface area contributed by atoms with Gasteiger partial charge in [0.2, 0.25) is 0 Å². The van der Waals surface area contributed by atoms with E-state index in [-0.39, 0.29) is 29.5 Å². The first kappa shape index (κ1) is 28.3. The molecule has 0 heterocycles. The monoisotopic (exact) mass is 543 g/mol. The number of halogens is 2. The molecule has 38 heavy (non-hydrogen) atoms. The molecule has 3 aromatic rings. The average Bonchev–Trinajstić information content (AvgIpc) is 2.92. The summed E-state index contributed by atoms with van der Waals surface area (Å²) in [7, 11) is 4.53. The number of carbonyl (C=O) groups is 2. The number of rotatable bonds is 11. The van der Waals surface area contributed by atoms with Gasteiger partial charge in [-0.1, -0.05) is 29.8 Å². The third kappa shape index (κ3) is 7.36. The summed E-state index contributed by atoms with van der Waals surface area (Å²) in [5.74, 6) is -0.519. The lowest BCUT2D eigenvalue weighted by Gasteiger charge is -2.14. The molecule has 200 valence electrons. The van der Waals surface area contributed by atoms with Gasteiger partial charge >= 0.3 is 11.8 Å². The Kier molecular flexibility index (Phi) is 10.3. The maximum Gasteiger partial charge on any atom is 0.329 e. The molecule has 0 atom stereocenters. The number of hydrogen-bond acceptors (Lipinski definition) is 7. The van der Waals surface area contributed by atoms with Gasteiger partial charge in [-0.2, -0.15) is 5.10 Å². The van der Waals surface area contributed by atoms with Crippen LogP contribution >= 0.6 is 11.6 Å². The van der Waals surface area contributed by atoms with E-state index in [1.54, 1.807) is 43.5 Å². The summed E-state index contributed by atoms with van der Waals surface area (Å²) in [5.41, 5.74) is 3.67. The Hall–Kier alpha value is -4.31. The van der Waals surface area contributed by atoms with Crippen LogP contribution in [0, 0.1) is 5.82 Å². The van der Waals surface area contributed by atoms with Gasteiger partial charge in [0.15, 0.2) is 23.0 Å². The Morgan fingerprint density at radius 3 is 2.39 bits per heavy atom. The largest absolute Gasteiger partial charge is 0.493 e. The normalized spacial score (nSPS) is 10.7. The molecule has 0 saturated carbocycles. The predicted octanol–water partition coefficient (Wildman–Crippen LogP) is 3.89. The van der Waals surface area contributed by atoms with E-state index in [9.17, 15) is 14.0 Å². The minimum Gasteiger partial charge on any atom is -0.493 e. The number of para-hydroxylation sites is 1. The first-order chi connectivity index (χ1) is 18.4. The summed E-state index contributed by atoms with van der Waals surface area (Å²) in [6.07, 6.45) is 1.76. The fourth-order valence-electron chi connectivity index (χ4n) is 3.41. The van der Waals surface area contributed by atoms with Crippen LogP contribution in [-0.4, -0.2) is 45.9 Å². The first-order valence-electron chi connectivity index (χ1n) is 11.4. The van der Waals surface area contributed by atoms with Gasteiger partial charge in [0.05, 0.1) is 32.6 Å². The predicted molar refractivity (Wildman–Crippen MR) is 141 cm³/mol. The van der Waals surface area contributed by atoms with Gasteiger partial charge in [0, 0.05) is 17.7 Å². The highest BCUT2D eigenvalue weighted by molar-refractivity contribution is 6.35. The Labute approximate surface area is 224 Å². The number of hydrazone groups is 1. The van der Waals surface area contributed by atoms with Gasteiger partial charge in [-0.3, -0.25) is 9.59 Å². The lowest BCUT2D eigenvalue weighted by Crippen LogP contribution is -2.38. The standard InChI is InChI=1S/C27H27ClFN3O6/c1-35-22-11-10-17(14-24(22)37-3)12-13-30-26(33)27(34)32-31-15-18-6-4-9-23(36-2)25(18)38-16-19-20(28)7-5-8-21(19)29/h4-11,14-15H,12-13,16H2,1-3H3,(H,30,33)(H,32,34)/b31-15-. The zero-order valence-corrected chi connectivity index (χ0v) is 21.8. The van der Waals surface area contributed by atoms with E-state index in [2.05, 4.69) is 15.8 Å². The number of hydrogen-bond donors (Lipinski definition) is 2. The molecule has 0 aliphatic rings. The maximum absolute atomic E-state index is 14.1. The van der Waals surface area contributed by atoms with Gasteiger partial charge in [-0.25, -0.2) is 9.82 Å². The number of benzene rings is 3. The second kappa shape index (κ2) is 13.8. The van der Waals surface area contributed by atoms with Crippen LogP contribution in [0.1, 0.15) is 16.7 Å². The summed E-state index contributed by atoms with van der Waals surface area (Å²) in [5, 5.41) is 6.60. The van der Waals surface area contributed by atoms with Crippen molar-refractivity contribution in [2.45, 2.75) is 13.0 Å². The molecule has 0 spiro atoms. The molecule has 9 nitrogen and oxygen atoms in total. The SMILES string of the molecule is COc1ccc(CCNC(=O)C(=O)N/N=C\c2cccc(OC)c2OCc2c(F)cccc2Cl)cc1OC. The maximum atomic E-state index is 14.1. The minimum absolute atomic E-state index is 0.165. The third-order valence-corrected chi connectivity index (χ3v) is 5.73. The molecular formula is C27H27ClFN3O6. The van der Waals surface area contributed by atoms with Crippen LogP contribution in [-0.2, 0) is 22.6 Å². The lowest BCUT2D eigenvalue weighted by atomic mass is 10.1. The molecule has 0 unspecified atom stereocenters. The second-order valence-corrected chi connectivity index (χ2v) is 8.17. The Morgan fingerprint density at radius 2 is 1.68 bits per heavy atom. The fourth-order valence-corrected chi connectivity index (χ4v) is 3.63. The molecule has 0 aromatic heterocycles. The van der Waals surface area contributed by atoms with E-state index in [4.69, 9.17) is 30.5 Å². The third-order valence-electron chi connectivity index (χ3n) is 5.37. The molecule has 2 amide bonds. The molecule has 3 aromatic carbocycles. The van der Waals surface area contributed by atoms with E-state index in [0.717, 1.165) is 5.56 Å². The van der Waals surface area contributed by atoms with Crippen LogP contribution in [0.5, 0.6) is 23.0 Å². The van der Waals surface area contributed by atoms with Gasteiger partial charge in [0.25, 0.3) is 0 Å². The van der Waals surface area contributed by atoms with E-state index in [0.29, 0.717) is 29.2 Å². The zero-order chi connectivity index (χ0) is 27.5. The van der Waals surface area contributed by atoms with E-state index in [1.807, 2.05) is 6.07 Å². The number of amides is 2. The van der Waals surface area contributed by atoms with Gasteiger partial charge in [-0.15, -0.1) is 0 Å². The number of methoxy groups -OCH3 is 3. The van der Waals surface area contributed by atoms with Crippen molar-refractivity contribution < 1.29 is 32.9 Å². The quantitative estimate of drug-likeness (QED) is 0.216. The van der Waals surface area contributed by atoms with Crippen LogP contribution < -0.4 is 29.7 Å². The van der Waals surface area contributed by atoms with Crippen molar-refractivity contribution >= 4 is 29.6 Å². The Balaban J connectivity index is 1.57. The van der Waals surface area contributed by atoms with Crippen molar-refractivity contribution in [3.05, 3.63) is 82.1 Å². The molecule has 0 bridgehead atoms. The van der Waals surface area contributed by atoms with Crippen molar-refractivity contribution in [2.24, 2.45) is 5.10 Å². The van der Waals surface area contributed by atoms with Crippen LogP contribution in [0.15, 0.2) is 59.7 Å². The number of carbonyl (C=O) groups excluding carboxylic acids is 2. The van der Waals surface area contributed by atoms with E-state index in [1.165, 1.54) is 32.6 Å². The molecule has 3 rings (SSSR count). The van der Waals surface area contributed by atoms with Crippen LogP contribution in [0.2, 0.25) is 5.02 Å². The van der Waals surface area contributed by atoms with Crippen LogP contribution in [0.4, 0.5) is 4.39 Å². The van der Waals surface area contributed by atoms with Gasteiger partial charge < -0.3 is 24.3 Å². The van der Waals surface area contributed by atoms with E-state index >= 15 is 0 Å². The summed E-state index contributed by atoms with van der Waals surface area (Å²) in [6, 6.07) is 14.7. The van der Waals surface area contributed by atoms with Crippen molar-refractivity contribution in [3.63, 3.8) is 0 Å². The Morgan fingerprint density at radius 1 is 0.947 bits per heavy atom. The lowest BCUT2D eigenvalue weighted by molar-refractivity contribution is -0.139. The molecule has 0 saturated heterocycles. The van der Waals surface area contributed by atoms with Crippen molar-refractivity contribution in [3.8, 4) is 23.0 Å². The second-order valence-electron chi connectivity index (χ2n) is 7.76. The fraction of sp³-hybridized carbons (Fsp3) is 0.222. The highest BCUT2D eigenvalue weighted by Gasteiger charge is 2.15. The van der Waals surface area contributed by atoms with E-state index < -0.39 is 17.6 Å². The minimum atomic E-state index is -0.947. The first-order valence-corrected chi connectivity index (χ1v) is 11.8. The zero-order valence-electron chi connectivity index (χ0n) is 21.0. The summed E-state index contributed by atoms with van der Waals surface area (Å²) >= 11 is 6.08. The average molecular weight is 544 g/mol. The van der Waals surface area contributed by atoms with Crippen LogP contribution in [0.25, 0.3) is 0 Å². The van der Waals surface area contributed by atoms with Crippen molar-refractivity contribution in [1.29, 1.82) is 0 Å². The van der Waals surface area contributed by atoms with Crippen molar-refractivity contribution in [1.82, 2.24) is 10.7 Å². The number of ether oxygens (including phenoxy) is 4. The van der Waals surface area contributed by atoms with Gasteiger partial charge in [-0.05, 0) is 48.4 Å². The highest BCUT2D eigenvalue weighted by atomic mass is 35.5. The van der Waals surface area contributed by atoms with Crippen LogP contribution in [0.3, 0.4) is 0 Å². The summed E-state index contributed by atoms with van der Waals surface area (Å²) in [4.78, 5) is 24.3. The highest BCUT2D eigenvalue weighted by Crippen LogP contribution is 2.32. The molecule has 0 radical (unpaired) electrons. The Bertz CT molecular complexity index is 1300. The van der Waals surface area contributed by atoms with Gasteiger partial charge in [0.1, 0.15) is 12.4 Å². The number of nitrogens with zero attached hydrogens (tertiary/aromatic N) is 1. The molecular weight excluding hydrogens is 517 g/mol.